The average Bonchev–Trinajstić information content (AvgIpc) is 2.66. The highest BCUT2D eigenvalue weighted by Crippen LogP contribution is 2.34. The molecule has 6 heteroatoms. The number of nitrogens with zero attached hydrogens (tertiary/aromatic N) is 1. The van der Waals surface area contributed by atoms with E-state index in [-0.39, 0.29) is 0 Å². The number of terminal acetylenes is 1. The fraction of sp³-hybridized carbons (Fsp3) is 0.647. The third-order valence-electron chi connectivity index (χ3n) is 3.29. The number of carbonyl (C=O) groups excluding carboxylic acids is 2. The number of ether oxygens (including phenoxy) is 3. The van der Waals surface area contributed by atoms with E-state index in [9.17, 15) is 9.59 Å². The fourth-order valence-electron chi connectivity index (χ4n) is 2.36. The van der Waals surface area contributed by atoms with E-state index in [0.29, 0.717) is 5.57 Å². The average molecular weight is 323 g/mol. The lowest BCUT2D eigenvalue weighted by Gasteiger charge is -2.34. The summed E-state index contributed by atoms with van der Waals surface area (Å²) in [5, 5.41) is 0. The Kier molecular flexibility index (Phi) is 5.49. The SMILES string of the molecule is C#C[C@H]1OC(C)(C)N(C(=O)OC(C)(C)C)[C@@H]1/C=C(/C)C(=O)OC. The summed E-state index contributed by atoms with van der Waals surface area (Å²) in [6, 6.07) is -0.621. The van der Waals surface area contributed by atoms with Crippen molar-refractivity contribution < 1.29 is 23.8 Å². The Hall–Kier alpha value is -2.00. The van der Waals surface area contributed by atoms with E-state index in [1.807, 2.05) is 0 Å². The van der Waals surface area contributed by atoms with Crippen molar-refractivity contribution in [3.05, 3.63) is 11.6 Å². The molecule has 6 nitrogen and oxygen atoms in total. The monoisotopic (exact) mass is 323 g/mol. The normalized spacial score (nSPS) is 24.1. The summed E-state index contributed by atoms with van der Waals surface area (Å²) < 4.78 is 15.9. The number of hydrogen-bond acceptors (Lipinski definition) is 5. The van der Waals surface area contributed by atoms with Crippen LogP contribution in [0.25, 0.3) is 0 Å². The lowest BCUT2D eigenvalue weighted by Crippen LogP contribution is -2.49. The van der Waals surface area contributed by atoms with Gasteiger partial charge in [0.2, 0.25) is 0 Å². The molecule has 0 bridgehead atoms. The lowest BCUT2D eigenvalue weighted by atomic mass is 10.1. The summed E-state index contributed by atoms with van der Waals surface area (Å²) in [6.07, 6.45) is 5.86. The molecule has 1 rings (SSSR count). The predicted molar refractivity (Wildman–Crippen MR) is 85.4 cm³/mol. The Balaban J connectivity index is 3.23. The molecule has 0 saturated carbocycles. The smallest absolute Gasteiger partial charge is 0.413 e. The largest absolute Gasteiger partial charge is 0.466 e. The molecule has 1 aliphatic rings. The first-order chi connectivity index (χ1) is 10.4. The van der Waals surface area contributed by atoms with E-state index in [4.69, 9.17) is 15.9 Å². The van der Waals surface area contributed by atoms with E-state index >= 15 is 0 Å². The van der Waals surface area contributed by atoms with E-state index in [1.54, 1.807) is 47.6 Å². The van der Waals surface area contributed by atoms with Gasteiger partial charge in [-0.1, -0.05) is 5.92 Å². The van der Waals surface area contributed by atoms with Crippen LogP contribution in [0.5, 0.6) is 0 Å². The molecule has 1 aliphatic heterocycles. The van der Waals surface area contributed by atoms with Crippen LogP contribution < -0.4 is 0 Å². The molecule has 23 heavy (non-hydrogen) atoms. The number of hydrogen-bond donors (Lipinski definition) is 0. The maximum atomic E-state index is 12.6. The molecule has 0 aromatic rings. The quantitative estimate of drug-likeness (QED) is 0.444. The second-order valence-corrected chi connectivity index (χ2v) is 6.83. The molecule has 0 unspecified atom stereocenters. The minimum Gasteiger partial charge on any atom is -0.466 e. The molecule has 2 atom stereocenters. The Morgan fingerprint density at radius 3 is 2.35 bits per heavy atom. The third kappa shape index (κ3) is 4.49. The molecule has 128 valence electrons. The highest BCUT2D eigenvalue weighted by Gasteiger charge is 2.50. The van der Waals surface area contributed by atoms with Gasteiger partial charge in [-0.2, -0.15) is 0 Å². The van der Waals surface area contributed by atoms with Crippen LogP contribution in [0, 0.1) is 12.3 Å². The minimum absolute atomic E-state index is 0.340. The van der Waals surface area contributed by atoms with Crippen molar-refractivity contribution in [3.8, 4) is 12.3 Å². The van der Waals surface area contributed by atoms with Crippen molar-refractivity contribution in [3.63, 3.8) is 0 Å². The van der Waals surface area contributed by atoms with Crippen LogP contribution in [-0.2, 0) is 19.0 Å². The topological polar surface area (TPSA) is 65.1 Å². The summed E-state index contributed by atoms with van der Waals surface area (Å²) in [5.74, 6) is 2.02. The van der Waals surface area contributed by atoms with Gasteiger partial charge in [0.25, 0.3) is 0 Å². The minimum atomic E-state index is -0.961. The van der Waals surface area contributed by atoms with Crippen molar-refractivity contribution in [1.82, 2.24) is 4.90 Å². The molecule has 1 fully saturated rings. The van der Waals surface area contributed by atoms with Gasteiger partial charge in [0.15, 0.2) is 0 Å². The Labute approximate surface area is 137 Å². The first-order valence-electron chi connectivity index (χ1n) is 7.36. The van der Waals surface area contributed by atoms with Gasteiger partial charge in [0.05, 0.1) is 13.2 Å². The fourth-order valence-corrected chi connectivity index (χ4v) is 2.36. The van der Waals surface area contributed by atoms with Gasteiger partial charge < -0.3 is 14.2 Å². The van der Waals surface area contributed by atoms with Gasteiger partial charge in [-0.05, 0) is 47.6 Å². The number of carbonyl (C=O) groups is 2. The summed E-state index contributed by atoms with van der Waals surface area (Å²) in [5.41, 5.74) is -1.28. The molecule has 1 amide bonds. The summed E-state index contributed by atoms with van der Waals surface area (Å²) in [7, 11) is 1.29. The zero-order valence-electron chi connectivity index (χ0n) is 14.8. The maximum Gasteiger partial charge on any atom is 0.413 e. The van der Waals surface area contributed by atoms with Gasteiger partial charge in [0.1, 0.15) is 17.4 Å². The standard InChI is InChI=1S/C17H25NO5/c1-9-13-12(10-11(2)14(19)21-8)18(17(6,7)22-13)15(20)23-16(3,4)5/h1,10,12-13H,2-8H3/b11-10-/t12-,13-/m1/s1. The zero-order chi connectivity index (χ0) is 18.0. The van der Waals surface area contributed by atoms with Crippen LogP contribution in [0.1, 0.15) is 41.5 Å². The van der Waals surface area contributed by atoms with Gasteiger partial charge >= 0.3 is 12.1 Å². The van der Waals surface area contributed by atoms with E-state index in [0.717, 1.165) is 0 Å². The summed E-state index contributed by atoms with van der Waals surface area (Å²) in [6.45, 7) is 10.4. The molecule has 0 aromatic heterocycles. The molecule has 0 spiro atoms. The second-order valence-electron chi connectivity index (χ2n) is 6.83. The Bertz CT molecular complexity index is 550. The summed E-state index contributed by atoms with van der Waals surface area (Å²) >= 11 is 0. The van der Waals surface area contributed by atoms with Crippen LogP contribution in [0.3, 0.4) is 0 Å². The van der Waals surface area contributed by atoms with Crippen LogP contribution >= 0.6 is 0 Å². The molecular formula is C17H25NO5. The van der Waals surface area contributed by atoms with Crippen LogP contribution in [0.4, 0.5) is 4.79 Å². The van der Waals surface area contributed by atoms with Gasteiger partial charge in [-0.25, -0.2) is 9.59 Å². The van der Waals surface area contributed by atoms with Crippen molar-refractivity contribution in [2.45, 2.75) is 65.0 Å². The predicted octanol–water partition coefficient (Wildman–Crippen LogP) is 2.48. The highest BCUT2D eigenvalue weighted by molar-refractivity contribution is 5.88. The Morgan fingerprint density at radius 2 is 1.91 bits per heavy atom. The highest BCUT2D eigenvalue weighted by atomic mass is 16.6. The van der Waals surface area contributed by atoms with E-state index in [2.05, 4.69) is 10.7 Å². The molecular weight excluding hydrogens is 298 g/mol. The summed E-state index contributed by atoms with van der Waals surface area (Å²) in [4.78, 5) is 25.6. The van der Waals surface area contributed by atoms with Gasteiger partial charge in [-0.3, -0.25) is 4.90 Å². The van der Waals surface area contributed by atoms with Gasteiger partial charge in [0, 0.05) is 5.57 Å². The molecule has 0 aliphatic carbocycles. The third-order valence-corrected chi connectivity index (χ3v) is 3.29. The van der Waals surface area contributed by atoms with Crippen molar-refractivity contribution in [2.24, 2.45) is 0 Å². The van der Waals surface area contributed by atoms with Crippen molar-refractivity contribution in [2.75, 3.05) is 7.11 Å². The number of esters is 1. The second kappa shape index (κ2) is 6.63. The molecule has 0 radical (unpaired) electrons. The first kappa shape index (κ1) is 19.0. The molecule has 1 heterocycles. The number of methoxy groups -OCH3 is 1. The van der Waals surface area contributed by atoms with Crippen molar-refractivity contribution in [1.29, 1.82) is 0 Å². The number of amides is 1. The lowest BCUT2D eigenvalue weighted by molar-refractivity contribution is -0.136. The first-order valence-corrected chi connectivity index (χ1v) is 7.36. The van der Waals surface area contributed by atoms with Gasteiger partial charge in [-0.15, -0.1) is 6.42 Å². The maximum absolute atomic E-state index is 12.6. The van der Waals surface area contributed by atoms with E-state index < -0.39 is 35.5 Å². The number of rotatable bonds is 2. The van der Waals surface area contributed by atoms with Crippen LogP contribution in [0.15, 0.2) is 11.6 Å². The van der Waals surface area contributed by atoms with Crippen molar-refractivity contribution >= 4 is 12.1 Å². The molecule has 0 aromatic carbocycles. The van der Waals surface area contributed by atoms with Crippen LogP contribution in [-0.4, -0.2) is 47.5 Å². The van der Waals surface area contributed by atoms with E-state index in [1.165, 1.54) is 12.0 Å². The molecule has 0 N–H and O–H groups in total. The molecule has 1 saturated heterocycles. The van der Waals surface area contributed by atoms with Crippen LogP contribution in [0.2, 0.25) is 0 Å². The zero-order valence-corrected chi connectivity index (χ0v) is 14.8. The Morgan fingerprint density at radius 1 is 1.35 bits per heavy atom.